The number of fused-ring (bicyclic) bond motifs is 3. The number of piperidine rings is 1. The van der Waals surface area contributed by atoms with Crippen LogP contribution in [0.4, 0.5) is 0 Å². The predicted octanol–water partition coefficient (Wildman–Crippen LogP) is 0.428. The van der Waals surface area contributed by atoms with Gasteiger partial charge in [-0.3, -0.25) is 24.6 Å². The number of aryl methyl sites for hydroxylation is 1. The lowest BCUT2D eigenvalue weighted by Crippen LogP contribution is -2.52. The molecule has 9 heteroatoms. The Morgan fingerprint density at radius 3 is 2.88 bits per heavy atom. The third-order valence-corrected chi connectivity index (χ3v) is 7.82. The summed E-state index contributed by atoms with van der Waals surface area (Å²) >= 11 is 0. The van der Waals surface area contributed by atoms with Crippen LogP contribution in [0.2, 0.25) is 0 Å². The van der Waals surface area contributed by atoms with E-state index in [1.165, 1.54) is 11.4 Å². The molecule has 2 aromatic rings. The summed E-state index contributed by atoms with van der Waals surface area (Å²) in [5.74, 6) is -0.761. The minimum atomic E-state index is -0.580. The van der Waals surface area contributed by atoms with Crippen molar-refractivity contribution < 1.29 is 14.4 Å². The molecule has 0 bridgehead atoms. The lowest BCUT2D eigenvalue weighted by Gasteiger charge is -2.44. The minimum absolute atomic E-state index is 0.114. The number of hydrogen-bond donors (Lipinski definition) is 2. The Bertz CT molecular complexity index is 1160. The lowest BCUT2D eigenvalue weighted by atomic mass is 9.85. The fourth-order valence-corrected chi connectivity index (χ4v) is 6.05. The molecule has 1 spiro atoms. The topological polar surface area (TPSA) is 99.6 Å². The maximum Gasteiger partial charge on any atom is 0.255 e. The lowest BCUT2D eigenvalue weighted by molar-refractivity contribution is -0.136. The van der Waals surface area contributed by atoms with Crippen molar-refractivity contribution in [3.05, 3.63) is 52.6 Å². The van der Waals surface area contributed by atoms with Crippen LogP contribution in [0.15, 0.2) is 24.5 Å². The second-order valence-corrected chi connectivity index (χ2v) is 9.67. The SMILES string of the molecule is Cn1cnc2c1CCN(Cc1ccc3c(c1)C(=O)N(C1CCC(=O)NC1=O)C3)C21CCNC1. The van der Waals surface area contributed by atoms with E-state index < -0.39 is 6.04 Å². The molecule has 2 unspecified atom stereocenters. The van der Waals surface area contributed by atoms with Gasteiger partial charge in [0.1, 0.15) is 6.04 Å². The highest BCUT2D eigenvalue weighted by atomic mass is 16.2. The first-order valence-corrected chi connectivity index (χ1v) is 11.7. The molecular formula is C24H28N6O3. The van der Waals surface area contributed by atoms with Gasteiger partial charge < -0.3 is 14.8 Å². The molecule has 6 rings (SSSR count). The number of amides is 3. The van der Waals surface area contributed by atoms with Crippen LogP contribution in [0, 0.1) is 0 Å². The number of nitrogens with one attached hydrogen (secondary N) is 2. The fourth-order valence-electron chi connectivity index (χ4n) is 6.05. The predicted molar refractivity (Wildman–Crippen MR) is 119 cm³/mol. The number of rotatable bonds is 3. The van der Waals surface area contributed by atoms with Crippen LogP contribution >= 0.6 is 0 Å². The molecule has 2 atom stereocenters. The Labute approximate surface area is 192 Å². The van der Waals surface area contributed by atoms with Gasteiger partial charge in [0.15, 0.2) is 0 Å². The minimum Gasteiger partial charge on any atom is -0.337 e. The van der Waals surface area contributed by atoms with Gasteiger partial charge in [-0.05, 0) is 36.6 Å². The number of carbonyl (C=O) groups is 3. The molecule has 0 radical (unpaired) electrons. The van der Waals surface area contributed by atoms with Crippen molar-refractivity contribution in [1.29, 1.82) is 0 Å². The van der Waals surface area contributed by atoms with Gasteiger partial charge in [-0.1, -0.05) is 12.1 Å². The Hall–Kier alpha value is -3.04. The third kappa shape index (κ3) is 3.13. The van der Waals surface area contributed by atoms with Crippen LogP contribution in [0.1, 0.15) is 52.1 Å². The van der Waals surface area contributed by atoms with Crippen molar-refractivity contribution in [2.24, 2.45) is 7.05 Å². The fraction of sp³-hybridized carbons (Fsp3) is 0.500. The number of benzene rings is 1. The van der Waals surface area contributed by atoms with Crippen molar-refractivity contribution >= 4 is 17.7 Å². The van der Waals surface area contributed by atoms with E-state index in [1.54, 1.807) is 4.90 Å². The largest absolute Gasteiger partial charge is 0.337 e. The summed E-state index contributed by atoms with van der Waals surface area (Å²) in [5, 5.41) is 5.90. The molecule has 2 N–H and O–H groups in total. The molecule has 0 saturated carbocycles. The number of hydrogen-bond acceptors (Lipinski definition) is 6. The Balaban J connectivity index is 1.25. The zero-order chi connectivity index (χ0) is 22.7. The number of carbonyl (C=O) groups excluding carboxylic acids is 3. The average molecular weight is 449 g/mol. The summed E-state index contributed by atoms with van der Waals surface area (Å²) in [7, 11) is 2.07. The van der Waals surface area contributed by atoms with E-state index in [4.69, 9.17) is 4.98 Å². The van der Waals surface area contributed by atoms with E-state index in [2.05, 4.69) is 33.2 Å². The van der Waals surface area contributed by atoms with Gasteiger partial charge in [0.05, 0.1) is 17.6 Å². The average Bonchev–Trinajstić information content (AvgIpc) is 3.50. The van der Waals surface area contributed by atoms with Crippen LogP contribution in [0.5, 0.6) is 0 Å². The van der Waals surface area contributed by atoms with E-state index in [0.29, 0.717) is 18.5 Å². The Kier molecular flexibility index (Phi) is 4.67. The summed E-state index contributed by atoms with van der Waals surface area (Å²) in [6.45, 7) is 3.95. The second-order valence-electron chi connectivity index (χ2n) is 9.67. The molecule has 5 heterocycles. The molecule has 4 aliphatic rings. The second kappa shape index (κ2) is 7.50. The van der Waals surface area contributed by atoms with Gasteiger partial charge in [-0.2, -0.15) is 0 Å². The maximum absolute atomic E-state index is 13.2. The first-order chi connectivity index (χ1) is 16.0. The van der Waals surface area contributed by atoms with Crippen LogP contribution in [0.25, 0.3) is 0 Å². The normalized spacial score (nSPS) is 27.2. The van der Waals surface area contributed by atoms with Crippen molar-refractivity contribution in [3.63, 3.8) is 0 Å². The molecule has 1 aromatic heterocycles. The smallest absolute Gasteiger partial charge is 0.255 e. The highest BCUT2D eigenvalue weighted by Crippen LogP contribution is 2.40. The molecular weight excluding hydrogens is 420 g/mol. The molecule has 1 aromatic carbocycles. The first kappa shape index (κ1) is 20.6. The van der Waals surface area contributed by atoms with Crippen LogP contribution in [0.3, 0.4) is 0 Å². The molecule has 172 valence electrons. The molecule has 3 amide bonds. The summed E-state index contributed by atoms with van der Waals surface area (Å²) < 4.78 is 2.14. The molecule has 9 nitrogen and oxygen atoms in total. The van der Waals surface area contributed by atoms with Crippen molar-refractivity contribution in [3.8, 4) is 0 Å². The number of nitrogens with zero attached hydrogens (tertiary/aromatic N) is 4. The first-order valence-electron chi connectivity index (χ1n) is 11.7. The highest BCUT2D eigenvalue weighted by molar-refractivity contribution is 6.05. The van der Waals surface area contributed by atoms with Crippen molar-refractivity contribution in [2.45, 2.75) is 50.4 Å². The van der Waals surface area contributed by atoms with E-state index in [1.807, 2.05) is 18.5 Å². The van der Waals surface area contributed by atoms with E-state index >= 15 is 0 Å². The van der Waals surface area contributed by atoms with Gasteiger partial charge in [-0.25, -0.2) is 4.98 Å². The van der Waals surface area contributed by atoms with Crippen LogP contribution in [-0.2, 0) is 41.7 Å². The van der Waals surface area contributed by atoms with Gasteiger partial charge >= 0.3 is 0 Å². The van der Waals surface area contributed by atoms with E-state index in [0.717, 1.165) is 50.1 Å². The van der Waals surface area contributed by atoms with Gasteiger partial charge in [0.2, 0.25) is 11.8 Å². The summed E-state index contributed by atoms with van der Waals surface area (Å²) in [5.41, 5.74) is 5.10. The Morgan fingerprint density at radius 2 is 2.09 bits per heavy atom. The highest BCUT2D eigenvalue weighted by Gasteiger charge is 2.47. The van der Waals surface area contributed by atoms with E-state index in [9.17, 15) is 14.4 Å². The number of aromatic nitrogens is 2. The molecule has 0 aliphatic carbocycles. The standard InChI is InChI=1S/C24H28N6O3/c1-28-14-26-21-18(28)6-9-29(24(21)7-8-25-13-24)11-15-2-3-16-12-30(23(33)17(16)10-15)19-4-5-20(31)27-22(19)32/h2-3,10,14,19,25H,4-9,11-13H2,1H3,(H,27,31,32). The quantitative estimate of drug-likeness (QED) is 0.661. The molecule has 2 saturated heterocycles. The zero-order valence-corrected chi connectivity index (χ0v) is 18.8. The Morgan fingerprint density at radius 1 is 1.21 bits per heavy atom. The summed E-state index contributed by atoms with van der Waals surface area (Å²) in [6.07, 6.45) is 4.55. The summed E-state index contributed by atoms with van der Waals surface area (Å²) in [4.78, 5) is 45.9. The number of imidazole rings is 1. The van der Waals surface area contributed by atoms with Crippen molar-refractivity contribution in [2.75, 3.05) is 19.6 Å². The third-order valence-electron chi connectivity index (χ3n) is 7.82. The van der Waals surface area contributed by atoms with Crippen LogP contribution < -0.4 is 10.6 Å². The van der Waals surface area contributed by atoms with Gasteiger partial charge in [0, 0.05) is 57.3 Å². The van der Waals surface area contributed by atoms with Gasteiger partial charge in [-0.15, -0.1) is 0 Å². The van der Waals surface area contributed by atoms with Gasteiger partial charge in [0.25, 0.3) is 5.91 Å². The molecule has 2 fully saturated rings. The zero-order valence-electron chi connectivity index (χ0n) is 18.8. The molecule has 33 heavy (non-hydrogen) atoms. The maximum atomic E-state index is 13.2. The summed E-state index contributed by atoms with van der Waals surface area (Å²) in [6, 6.07) is 5.53. The monoisotopic (exact) mass is 448 g/mol. The number of imide groups is 1. The van der Waals surface area contributed by atoms with Crippen molar-refractivity contribution in [1.82, 2.24) is 30.0 Å². The van der Waals surface area contributed by atoms with Crippen LogP contribution in [-0.4, -0.2) is 62.7 Å². The molecule has 4 aliphatic heterocycles. The van der Waals surface area contributed by atoms with E-state index in [-0.39, 0.29) is 29.7 Å².